The number of hydrogen-bond donors (Lipinski definition) is 2. The van der Waals surface area contributed by atoms with Gasteiger partial charge in [0.1, 0.15) is 5.75 Å². The summed E-state index contributed by atoms with van der Waals surface area (Å²) in [5.41, 5.74) is 1.36. The molecule has 0 unspecified atom stereocenters. The van der Waals surface area contributed by atoms with Crippen LogP contribution in [0.25, 0.3) is 22.5 Å². The van der Waals surface area contributed by atoms with E-state index in [1.54, 1.807) is 42.7 Å². The standard InChI is InChI=1S/C38H47N3O4S/c1-6-7-8-9-10-11-12-13-24-45-31-20-16-27(17-21-31)29-25-39-34(40-26-29)28-14-18-30(19-15-28)38(5,36(43)44)41-35(42)32-22-23-33(46-32)37(2,3)4/h14-23,25-26H,6-13,24H2,1-5H3,(H,41,42)(H,43,44)/t38-/m0/s1. The van der Waals surface area contributed by atoms with Gasteiger partial charge in [0.25, 0.3) is 5.91 Å². The predicted molar refractivity (Wildman–Crippen MR) is 186 cm³/mol. The van der Waals surface area contributed by atoms with E-state index in [0.29, 0.717) is 16.3 Å². The fraction of sp³-hybridized carbons (Fsp3) is 0.421. The first kappa shape index (κ1) is 34.8. The molecule has 0 aliphatic carbocycles. The summed E-state index contributed by atoms with van der Waals surface area (Å²) in [6.07, 6.45) is 13.8. The molecule has 0 radical (unpaired) electrons. The summed E-state index contributed by atoms with van der Waals surface area (Å²) in [5, 5.41) is 12.9. The lowest BCUT2D eigenvalue weighted by atomic mass is 9.91. The van der Waals surface area contributed by atoms with Crippen molar-refractivity contribution in [3.63, 3.8) is 0 Å². The Hall–Kier alpha value is -4.04. The number of amides is 1. The van der Waals surface area contributed by atoms with E-state index in [0.717, 1.165) is 40.3 Å². The van der Waals surface area contributed by atoms with Crippen LogP contribution in [-0.4, -0.2) is 33.6 Å². The minimum Gasteiger partial charge on any atom is -0.494 e. The summed E-state index contributed by atoms with van der Waals surface area (Å²) in [6, 6.07) is 18.6. The van der Waals surface area contributed by atoms with Crippen LogP contribution < -0.4 is 10.1 Å². The molecule has 1 amide bonds. The first-order valence-corrected chi connectivity index (χ1v) is 17.2. The van der Waals surface area contributed by atoms with Gasteiger partial charge in [0, 0.05) is 28.4 Å². The largest absolute Gasteiger partial charge is 0.494 e. The van der Waals surface area contributed by atoms with Crippen LogP contribution in [0, 0.1) is 0 Å². The van der Waals surface area contributed by atoms with E-state index in [9.17, 15) is 14.7 Å². The third-order valence-corrected chi connectivity index (χ3v) is 9.70. The Labute approximate surface area is 277 Å². The van der Waals surface area contributed by atoms with Crippen molar-refractivity contribution in [1.29, 1.82) is 0 Å². The Morgan fingerprint density at radius 3 is 1.91 bits per heavy atom. The smallest absolute Gasteiger partial charge is 0.333 e. The van der Waals surface area contributed by atoms with Crippen LogP contribution in [0.3, 0.4) is 0 Å². The first-order valence-electron chi connectivity index (χ1n) is 16.3. The lowest BCUT2D eigenvalue weighted by Crippen LogP contribution is -2.49. The Bertz CT molecular complexity index is 1560. The molecule has 2 aromatic carbocycles. The normalized spacial score (nSPS) is 12.8. The summed E-state index contributed by atoms with van der Waals surface area (Å²) < 4.78 is 5.93. The van der Waals surface area contributed by atoms with Crippen molar-refractivity contribution in [3.05, 3.63) is 88.4 Å². The topological polar surface area (TPSA) is 101 Å². The maximum atomic E-state index is 13.1. The monoisotopic (exact) mass is 641 g/mol. The fourth-order valence-electron chi connectivity index (χ4n) is 5.15. The molecule has 2 heterocycles. The molecular weight excluding hydrogens is 595 g/mol. The second-order valence-electron chi connectivity index (χ2n) is 13.0. The predicted octanol–water partition coefficient (Wildman–Crippen LogP) is 9.42. The van der Waals surface area contributed by atoms with Crippen LogP contribution in [0.4, 0.5) is 0 Å². The molecule has 4 aromatic rings. The second-order valence-corrected chi connectivity index (χ2v) is 14.1. The Balaban J connectivity index is 1.33. The highest BCUT2D eigenvalue weighted by Gasteiger charge is 2.37. The molecule has 244 valence electrons. The van der Waals surface area contributed by atoms with Crippen molar-refractivity contribution < 1.29 is 19.4 Å². The molecule has 0 aliphatic heterocycles. The number of carbonyl (C=O) groups is 2. The van der Waals surface area contributed by atoms with Crippen LogP contribution >= 0.6 is 11.3 Å². The van der Waals surface area contributed by atoms with Crippen LogP contribution in [0.5, 0.6) is 5.75 Å². The number of rotatable bonds is 16. The highest BCUT2D eigenvalue weighted by molar-refractivity contribution is 7.14. The molecule has 2 aromatic heterocycles. The van der Waals surface area contributed by atoms with E-state index in [2.05, 4.69) is 43.0 Å². The van der Waals surface area contributed by atoms with E-state index >= 15 is 0 Å². The van der Waals surface area contributed by atoms with Gasteiger partial charge in [-0.2, -0.15) is 0 Å². The number of ether oxygens (including phenoxy) is 1. The fourth-order valence-corrected chi connectivity index (χ4v) is 6.11. The third-order valence-electron chi connectivity index (χ3n) is 8.19. The van der Waals surface area contributed by atoms with Crippen molar-refractivity contribution in [1.82, 2.24) is 15.3 Å². The van der Waals surface area contributed by atoms with Crippen molar-refractivity contribution in [3.8, 4) is 28.3 Å². The molecule has 8 heteroatoms. The zero-order chi connectivity index (χ0) is 33.2. The summed E-state index contributed by atoms with van der Waals surface area (Å²) in [7, 11) is 0. The third kappa shape index (κ3) is 9.25. The van der Waals surface area contributed by atoms with Gasteiger partial charge in [-0.3, -0.25) is 4.79 Å². The average molecular weight is 642 g/mol. The molecule has 0 bridgehead atoms. The molecule has 0 saturated carbocycles. The number of nitrogens with zero attached hydrogens (tertiary/aromatic N) is 2. The van der Waals surface area contributed by atoms with E-state index < -0.39 is 17.4 Å². The van der Waals surface area contributed by atoms with Crippen molar-refractivity contribution in [2.24, 2.45) is 0 Å². The Morgan fingerprint density at radius 1 is 0.761 bits per heavy atom. The minimum absolute atomic E-state index is 0.0961. The van der Waals surface area contributed by atoms with Gasteiger partial charge < -0.3 is 15.2 Å². The summed E-state index contributed by atoms with van der Waals surface area (Å²) in [6.45, 7) is 10.7. The van der Waals surface area contributed by atoms with Gasteiger partial charge in [-0.05, 0) is 54.2 Å². The molecule has 0 spiro atoms. The number of aliphatic carboxylic acids is 1. The van der Waals surface area contributed by atoms with E-state index in [1.807, 2.05) is 30.3 Å². The maximum Gasteiger partial charge on any atom is 0.333 e. The van der Waals surface area contributed by atoms with Gasteiger partial charge in [-0.1, -0.05) is 109 Å². The number of carboxylic acids is 1. The van der Waals surface area contributed by atoms with Gasteiger partial charge in [-0.15, -0.1) is 11.3 Å². The Kier molecular flexibility index (Phi) is 12.1. The molecular formula is C38H47N3O4S. The van der Waals surface area contributed by atoms with Gasteiger partial charge in [-0.25, -0.2) is 14.8 Å². The van der Waals surface area contributed by atoms with Gasteiger partial charge in [0.2, 0.25) is 0 Å². The van der Waals surface area contributed by atoms with Crippen LogP contribution in [-0.2, 0) is 15.7 Å². The molecule has 0 fully saturated rings. The second kappa shape index (κ2) is 16.0. The number of thiophene rings is 1. The number of benzene rings is 2. The SMILES string of the molecule is CCCCCCCCCCOc1ccc(-c2cnc(-c3ccc([C@](C)(NC(=O)c4ccc(C(C)(C)C)s4)C(=O)O)cc3)nc2)cc1. The number of unbranched alkanes of at least 4 members (excludes halogenated alkanes) is 7. The van der Waals surface area contributed by atoms with E-state index in [-0.39, 0.29) is 5.41 Å². The summed E-state index contributed by atoms with van der Waals surface area (Å²) in [5.74, 6) is -0.184. The van der Waals surface area contributed by atoms with Gasteiger partial charge >= 0.3 is 5.97 Å². The first-order chi connectivity index (χ1) is 22.0. The van der Waals surface area contributed by atoms with Crippen molar-refractivity contribution >= 4 is 23.2 Å². The number of hydrogen-bond acceptors (Lipinski definition) is 6. The van der Waals surface area contributed by atoms with Crippen molar-refractivity contribution in [2.75, 3.05) is 6.61 Å². The lowest BCUT2D eigenvalue weighted by molar-refractivity contribution is -0.144. The van der Waals surface area contributed by atoms with Gasteiger partial charge in [0.15, 0.2) is 11.4 Å². The number of carbonyl (C=O) groups excluding carboxylic acids is 1. The molecule has 1 atom stereocenters. The van der Waals surface area contributed by atoms with E-state index in [4.69, 9.17) is 4.74 Å². The van der Waals surface area contributed by atoms with Crippen molar-refractivity contribution in [2.45, 2.75) is 96.9 Å². The quantitative estimate of drug-likeness (QED) is 0.118. The molecule has 7 nitrogen and oxygen atoms in total. The molecule has 46 heavy (non-hydrogen) atoms. The molecule has 4 rings (SSSR count). The minimum atomic E-state index is -1.62. The molecule has 2 N–H and O–H groups in total. The molecule has 0 aliphatic rings. The van der Waals surface area contributed by atoms with Crippen LogP contribution in [0.15, 0.2) is 73.1 Å². The van der Waals surface area contributed by atoms with Crippen LogP contribution in [0.1, 0.15) is 106 Å². The lowest BCUT2D eigenvalue weighted by Gasteiger charge is -2.26. The highest BCUT2D eigenvalue weighted by Crippen LogP contribution is 2.31. The number of nitrogens with one attached hydrogen (secondary N) is 1. The van der Waals surface area contributed by atoms with Crippen LogP contribution in [0.2, 0.25) is 0 Å². The summed E-state index contributed by atoms with van der Waals surface area (Å²) in [4.78, 5) is 36.1. The Morgan fingerprint density at radius 2 is 1.35 bits per heavy atom. The van der Waals surface area contributed by atoms with Gasteiger partial charge in [0.05, 0.1) is 11.5 Å². The number of aromatic nitrogens is 2. The summed E-state index contributed by atoms with van der Waals surface area (Å²) >= 11 is 1.37. The van der Waals surface area contributed by atoms with E-state index in [1.165, 1.54) is 63.2 Å². The zero-order valence-electron chi connectivity index (χ0n) is 27.8. The number of carboxylic acid groups (broad SMARTS) is 1. The zero-order valence-corrected chi connectivity index (χ0v) is 28.6. The maximum absolute atomic E-state index is 13.1. The highest BCUT2D eigenvalue weighted by atomic mass is 32.1. The average Bonchev–Trinajstić information content (AvgIpc) is 3.56. The molecule has 0 saturated heterocycles.